The van der Waals surface area contributed by atoms with Gasteiger partial charge < -0.3 is 10.1 Å². The van der Waals surface area contributed by atoms with Gasteiger partial charge in [-0.3, -0.25) is 15.0 Å². The summed E-state index contributed by atoms with van der Waals surface area (Å²) in [5.41, 5.74) is 3.84. The molecule has 96 valence electrons. The minimum Gasteiger partial charge on any atom is -0.481 e. The molecular formula is C12H15N3O3. The molecule has 1 unspecified atom stereocenters. The van der Waals surface area contributed by atoms with E-state index in [2.05, 4.69) is 5.32 Å². The number of carbonyl (C=O) groups is 2. The van der Waals surface area contributed by atoms with Crippen molar-refractivity contribution in [2.24, 2.45) is 5.84 Å². The van der Waals surface area contributed by atoms with Gasteiger partial charge >= 0.3 is 0 Å². The van der Waals surface area contributed by atoms with Crippen LogP contribution >= 0.6 is 0 Å². The number of hydrogen-bond acceptors (Lipinski definition) is 4. The Kier molecular flexibility index (Phi) is 3.47. The van der Waals surface area contributed by atoms with E-state index in [1.165, 1.54) is 0 Å². The SMILES string of the molecule is CC(Oc1ccc2c(c1)CCC(=O)N2)C(=O)NN. The molecule has 4 N–H and O–H groups in total. The van der Waals surface area contributed by atoms with E-state index in [4.69, 9.17) is 10.6 Å². The second kappa shape index (κ2) is 5.05. The van der Waals surface area contributed by atoms with E-state index in [1.807, 2.05) is 11.5 Å². The molecule has 1 atom stereocenters. The van der Waals surface area contributed by atoms with Crippen molar-refractivity contribution in [3.05, 3.63) is 23.8 Å². The third-order valence-electron chi connectivity index (χ3n) is 2.80. The van der Waals surface area contributed by atoms with Gasteiger partial charge in [0.1, 0.15) is 5.75 Å². The molecule has 0 spiro atoms. The monoisotopic (exact) mass is 249 g/mol. The topological polar surface area (TPSA) is 93.4 Å². The van der Waals surface area contributed by atoms with Gasteiger partial charge in [-0.1, -0.05) is 0 Å². The molecule has 18 heavy (non-hydrogen) atoms. The number of nitrogens with two attached hydrogens (primary N) is 1. The number of carbonyl (C=O) groups excluding carboxylic acids is 2. The van der Waals surface area contributed by atoms with Gasteiger partial charge in [-0.15, -0.1) is 0 Å². The molecule has 0 bridgehead atoms. The Labute approximate surface area is 104 Å². The highest BCUT2D eigenvalue weighted by Crippen LogP contribution is 2.27. The first-order valence-electron chi connectivity index (χ1n) is 5.70. The van der Waals surface area contributed by atoms with E-state index < -0.39 is 6.10 Å². The second-order valence-electron chi connectivity index (χ2n) is 4.14. The zero-order valence-corrected chi connectivity index (χ0v) is 10.0. The molecule has 1 aliphatic heterocycles. The number of benzene rings is 1. The molecular weight excluding hydrogens is 234 g/mol. The van der Waals surface area contributed by atoms with Gasteiger partial charge in [0.25, 0.3) is 5.91 Å². The van der Waals surface area contributed by atoms with Crippen LogP contribution in [0.25, 0.3) is 0 Å². The Balaban J connectivity index is 2.12. The summed E-state index contributed by atoms with van der Waals surface area (Å²) in [6.45, 7) is 1.61. The Morgan fingerprint density at radius 3 is 3.00 bits per heavy atom. The zero-order valence-electron chi connectivity index (χ0n) is 10.0. The first-order valence-corrected chi connectivity index (χ1v) is 5.70. The van der Waals surface area contributed by atoms with Crippen LogP contribution in [0.5, 0.6) is 5.75 Å². The van der Waals surface area contributed by atoms with Crippen molar-refractivity contribution in [2.75, 3.05) is 5.32 Å². The molecule has 0 saturated carbocycles. The lowest BCUT2D eigenvalue weighted by Gasteiger charge is -2.19. The standard InChI is InChI=1S/C12H15N3O3/c1-7(12(17)15-13)18-9-3-4-10-8(6-9)2-5-11(16)14-10/h3-4,6-7H,2,5,13H2,1H3,(H,14,16)(H,15,17). The number of hydrazine groups is 1. The summed E-state index contributed by atoms with van der Waals surface area (Å²) in [4.78, 5) is 22.4. The summed E-state index contributed by atoms with van der Waals surface area (Å²) in [6.07, 6.45) is 0.483. The summed E-state index contributed by atoms with van der Waals surface area (Å²) < 4.78 is 5.46. The number of anilines is 1. The molecule has 1 aromatic carbocycles. The summed E-state index contributed by atoms with van der Waals surface area (Å²) in [5, 5.41) is 2.78. The van der Waals surface area contributed by atoms with Crippen molar-refractivity contribution in [1.82, 2.24) is 5.43 Å². The van der Waals surface area contributed by atoms with Gasteiger partial charge in [0.2, 0.25) is 5.91 Å². The molecule has 2 rings (SSSR count). The summed E-state index contributed by atoms with van der Waals surface area (Å²) in [6, 6.07) is 5.31. The minimum absolute atomic E-state index is 0.0204. The average Bonchev–Trinajstić information content (AvgIpc) is 2.38. The molecule has 6 heteroatoms. The van der Waals surface area contributed by atoms with Gasteiger partial charge in [0, 0.05) is 12.1 Å². The maximum atomic E-state index is 11.2. The van der Waals surface area contributed by atoms with E-state index in [9.17, 15) is 9.59 Å². The highest BCUT2D eigenvalue weighted by Gasteiger charge is 2.17. The predicted octanol–water partition coefficient (Wildman–Crippen LogP) is 0.329. The first-order chi connectivity index (χ1) is 8.60. The normalized spacial score (nSPS) is 15.3. The van der Waals surface area contributed by atoms with Crippen molar-refractivity contribution in [1.29, 1.82) is 0 Å². The maximum absolute atomic E-state index is 11.2. The highest BCUT2D eigenvalue weighted by atomic mass is 16.5. The highest BCUT2D eigenvalue weighted by molar-refractivity contribution is 5.94. The molecule has 1 aromatic rings. The number of nitrogens with one attached hydrogen (secondary N) is 2. The number of rotatable bonds is 3. The van der Waals surface area contributed by atoms with Crippen LogP contribution in [0.15, 0.2) is 18.2 Å². The Morgan fingerprint density at radius 1 is 1.50 bits per heavy atom. The van der Waals surface area contributed by atoms with Crippen molar-refractivity contribution < 1.29 is 14.3 Å². The molecule has 0 aromatic heterocycles. The molecule has 1 aliphatic rings. The number of hydrogen-bond donors (Lipinski definition) is 3. The molecule has 1 heterocycles. The van der Waals surface area contributed by atoms with E-state index in [-0.39, 0.29) is 11.8 Å². The van der Waals surface area contributed by atoms with Crippen LogP contribution in [0.1, 0.15) is 18.9 Å². The molecule has 0 fully saturated rings. The third-order valence-corrected chi connectivity index (χ3v) is 2.80. The first kappa shape index (κ1) is 12.4. The van der Waals surface area contributed by atoms with Crippen molar-refractivity contribution >= 4 is 17.5 Å². The molecule has 0 aliphatic carbocycles. The van der Waals surface area contributed by atoms with Crippen LogP contribution in [0.2, 0.25) is 0 Å². The van der Waals surface area contributed by atoms with Crippen LogP contribution in [0.3, 0.4) is 0 Å². The second-order valence-corrected chi connectivity index (χ2v) is 4.14. The number of ether oxygens (including phenoxy) is 1. The largest absolute Gasteiger partial charge is 0.481 e. The van der Waals surface area contributed by atoms with Gasteiger partial charge in [-0.25, -0.2) is 5.84 Å². The molecule has 6 nitrogen and oxygen atoms in total. The quantitative estimate of drug-likeness (QED) is 0.409. The Bertz CT molecular complexity index is 487. The zero-order chi connectivity index (χ0) is 13.1. The lowest BCUT2D eigenvalue weighted by atomic mass is 10.0. The predicted molar refractivity (Wildman–Crippen MR) is 65.8 cm³/mol. The summed E-state index contributed by atoms with van der Waals surface area (Å²) in [7, 11) is 0. The number of fused-ring (bicyclic) bond motifs is 1. The Morgan fingerprint density at radius 2 is 2.28 bits per heavy atom. The fourth-order valence-corrected chi connectivity index (χ4v) is 1.81. The van der Waals surface area contributed by atoms with Crippen LogP contribution in [0.4, 0.5) is 5.69 Å². The number of aryl methyl sites for hydroxylation is 1. The van der Waals surface area contributed by atoms with E-state index in [0.717, 1.165) is 11.3 Å². The van der Waals surface area contributed by atoms with Crippen LogP contribution < -0.4 is 21.3 Å². The molecule has 0 saturated heterocycles. The fraction of sp³-hybridized carbons (Fsp3) is 0.333. The van der Waals surface area contributed by atoms with Crippen LogP contribution in [0, 0.1) is 0 Å². The van der Waals surface area contributed by atoms with Gasteiger partial charge in [0.15, 0.2) is 6.10 Å². The van der Waals surface area contributed by atoms with E-state index in [0.29, 0.717) is 18.6 Å². The average molecular weight is 249 g/mol. The van der Waals surface area contributed by atoms with Gasteiger partial charge in [0.05, 0.1) is 0 Å². The van der Waals surface area contributed by atoms with Crippen LogP contribution in [-0.2, 0) is 16.0 Å². The van der Waals surface area contributed by atoms with Crippen molar-refractivity contribution in [3.63, 3.8) is 0 Å². The summed E-state index contributed by atoms with van der Waals surface area (Å²) >= 11 is 0. The third kappa shape index (κ3) is 2.60. The molecule has 0 radical (unpaired) electrons. The lowest BCUT2D eigenvalue weighted by molar-refractivity contribution is -0.127. The van der Waals surface area contributed by atoms with Crippen LogP contribution in [-0.4, -0.2) is 17.9 Å². The molecule has 2 amide bonds. The number of amides is 2. The maximum Gasteiger partial charge on any atom is 0.274 e. The fourth-order valence-electron chi connectivity index (χ4n) is 1.81. The summed E-state index contributed by atoms with van der Waals surface area (Å²) in [5.74, 6) is 5.24. The van der Waals surface area contributed by atoms with Gasteiger partial charge in [-0.05, 0) is 37.1 Å². The van der Waals surface area contributed by atoms with Crippen molar-refractivity contribution in [3.8, 4) is 5.75 Å². The smallest absolute Gasteiger partial charge is 0.274 e. The minimum atomic E-state index is -0.661. The lowest BCUT2D eigenvalue weighted by Crippen LogP contribution is -2.40. The Hall–Kier alpha value is -2.08. The van der Waals surface area contributed by atoms with E-state index >= 15 is 0 Å². The van der Waals surface area contributed by atoms with Gasteiger partial charge in [-0.2, -0.15) is 0 Å². The van der Waals surface area contributed by atoms with E-state index in [1.54, 1.807) is 19.1 Å². The van der Waals surface area contributed by atoms with Crippen molar-refractivity contribution in [2.45, 2.75) is 25.9 Å².